The Hall–Kier alpha value is -0.900. The minimum atomic E-state index is -0.274. The third kappa shape index (κ3) is 3.22. The Labute approximate surface area is 139 Å². The molecule has 1 heterocycles. The van der Waals surface area contributed by atoms with Gasteiger partial charge in [-0.25, -0.2) is 0 Å². The Morgan fingerprint density at radius 1 is 1.18 bits per heavy atom. The molecule has 0 spiro atoms. The minimum absolute atomic E-state index is 0. The van der Waals surface area contributed by atoms with Gasteiger partial charge in [-0.05, 0) is 37.8 Å². The van der Waals surface area contributed by atoms with Gasteiger partial charge in [0.15, 0.2) is 5.78 Å². The number of benzene rings is 1. The number of nitrogens with zero attached hydrogens (tertiary/aromatic N) is 1. The number of hydrogen-bond acceptors (Lipinski definition) is 3. The van der Waals surface area contributed by atoms with Crippen molar-refractivity contribution in [3.8, 4) is 0 Å². The van der Waals surface area contributed by atoms with Crippen molar-refractivity contribution in [1.29, 1.82) is 0 Å². The summed E-state index contributed by atoms with van der Waals surface area (Å²) in [6, 6.07) is 10.5. The molecule has 1 saturated carbocycles. The first-order valence-corrected chi connectivity index (χ1v) is 8.20. The standard InChI is InChI=1S/C18H25NO2.ClH/c20-14-16-9-6-12-19(16)13-17(21)18(10-4-5-11-18)15-7-2-1-3-8-15;/h1-3,7-8,16,20H,4-6,9-14H2;1H/t16-;/m0./s1. The zero-order valence-corrected chi connectivity index (χ0v) is 13.9. The van der Waals surface area contributed by atoms with Gasteiger partial charge >= 0.3 is 0 Å². The summed E-state index contributed by atoms with van der Waals surface area (Å²) in [6.07, 6.45) is 6.36. The molecular weight excluding hydrogens is 298 g/mol. The predicted octanol–water partition coefficient (Wildman–Crippen LogP) is 2.95. The molecule has 1 atom stereocenters. The Morgan fingerprint density at radius 3 is 2.50 bits per heavy atom. The molecule has 22 heavy (non-hydrogen) atoms. The summed E-state index contributed by atoms with van der Waals surface area (Å²) in [5, 5.41) is 9.44. The Balaban J connectivity index is 0.00000176. The topological polar surface area (TPSA) is 40.5 Å². The van der Waals surface area contributed by atoms with Crippen LogP contribution in [0.15, 0.2) is 30.3 Å². The van der Waals surface area contributed by atoms with E-state index in [1.54, 1.807) is 0 Å². The fraction of sp³-hybridized carbons (Fsp3) is 0.611. The molecule has 2 fully saturated rings. The van der Waals surface area contributed by atoms with Gasteiger partial charge in [0, 0.05) is 6.04 Å². The highest BCUT2D eigenvalue weighted by molar-refractivity contribution is 5.92. The molecule has 1 aliphatic heterocycles. The Morgan fingerprint density at radius 2 is 1.86 bits per heavy atom. The van der Waals surface area contributed by atoms with Crippen LogP contribution in [-0.2, 0) is 10.2 Å². The molecule has 0 radical (unpaired) electrons. The molecule has 1 saturated heterocycles. The highest BCUT2D eigenvalue weighted by atomic mass is 35.5. The summed E-state index contributed by atoms with van der Waals surface area (Å²) < 4.78 is 0. The van der Waals surface area contributed by atoms with Crippen LogP contribution in [0.5, 0.6) is 0 Å². The van der Waals surface area contributed by atoms with E-state index in [2.05, 4.69) is 17.0 Å². The number of halogens is 1. The van der Waals surface area contributed by atoms with Crippen LogP contribution >= 0.6 is 12.4 Å². The Bertz CT molecular complexity index is 485. The molecule has 1 aromatic carbocycles. The van der Waals surface area contributed by atoms with E-state index in [0.29, 0.717) is 12.3 Å². The molecule has 2 aliphatic rings. The molecule has 4 heteroatoms. The summed E-state index contributed by atoms with van der Waals surface area (Å²) in [5.41, 5.74) is 0.913. The van der Waals surface area contributed by atoms with Crippen LogP contribution in [0.25, 0.3) is 0 Å². The van der Waals surface area contributed by atoms with E-state index in [1.807, 2.05) is 18.2 Å². The summed E-state index contributed by atoms with van der Waals surface area (Å²) in [6.45, 7) is 1.62. The lowest BCUT2D eigenvalue weighted by molar-refractivity contribution is -0.126. The lowest BCUT2D eigenvalue weighted by Crippen LogP contribution is -2.44. The number of carbonyl (C=O) groups is 1. The minimum Gasteiger partial charge on any atom is -0.395 e. The van der Waals surface area contributed by atoms with Gasteiger partial charge in [0.1, 0.15) is 0 Å². The average molecular weight is 324 g/mol. The fourth-order valence-corrected chi connectivity index (χ4v) is 4.11. The number of rotatable bonds is 5. The van der Waals surface area contributed by atoms with Gasteiger partial charge in [0.25, 0.3) is 0 Å². The number of aliphatic hydroxyl groups is 1. The smallest absolute Gasteiger partial charge is 0.157 e. The second-order valence-corrected chi connectivity index (χ2v) is 6.53. The van der Waals surface area contributed by atoms with E-state index < -0.39 is 0 Å². The van der Waals surface area contributed by atoms with Crippen LogP contribution in [0, 0.1) is 0 Å². The number of aliphatic hydroxyl groups excluding tert-OH is 1. The van der Waals surface area contributed by atoms with Crippen molar-refractivity contribution in [3.63, 3.8) is 0 Å². The molecule has 1 N–H and O–H groups in total. The normalized spacial score (nSPS) is 24.1. The van der Waals surface area contributed by atoms with E-state index in [0.717, 1.165) is 45.1 Å². The second-order valence-electron chi connectivity index (χ2n) is 6.53. The quantitative estimate of drug-likeness (QED) is 0.905. The Kier molecular flexibility index (Phi) is 6.01. The van der Waals surface area contributed by atoms with E-state index in [9.17, 15) is 9.90 Å². The van der Waals surface area contributed by atoms with E-state index in [-0.39, 0.29) is 30.5 Å². The number of hydrogen-bond donors (Lipinski definition) is 1. The first-order valence-electron chi connectivity index (χ1n) is 8.20. The van der Waals surface area contributed by atoms with Crippen LogP contribution in [0.3, 0.4) is 0 Å². The summed E-state index contributed by atoms with van der Waals surface area (Å²) in [4.78, 5) is 15.2. The van der Waals surface area contributed by atoms with Gasteiger partial charge in [-0.15, -0.1) is 12.4 Å². The van der Waals surface area contributed by atoms with Crippen molar-refractivity contribution in [3.05, 3.63) is 35.9 Å². The van der Waals surface area contributed by atoms with Crippen molar-refractivity contribution < 1.29 is 9.90 Å². The maximum Gasteiger partial charge on any atom is 0.157 e. The van der Waals surface area contributed by atoms with Crippen molar-refractivity contribution in [1.82, 2.24) is 4.90 Å². The van der Waals surface area contributed by atoms with Crippen LogP contribution in [0.4, 0.5) is 0 Å². The SMILES string of the molecule is Cl.O=C(CN1CCC[C@H]1CO)C1(c2ccccc2)CCCC1. The molecule has 3 rings (SSSR count). The first kappa shape index (κ1) is 17.5. The highest BCUT2D eigenvalue weighted by Crippen LogP contribution is 2.42. The van der Waals surface area contributed by atoms with Crippen molar-refractivity contribution >= 4 is 18.2 Å². The summed E-state index contributed by atoms with van der Waals surface area (Å²) >= 11 is 0. The third-order valence-corrected chi connectivity index (χ3v) is 5.37. The largest absolute Gasteiger partial charge is 0.395 e. The summed E-state index contributed by atoms with van der Waals surface area (Å²) in [7, 11) is 0. The fourth-order valence-electron chi connectivity index (χ4n) is 4.11. The highest BCUT2D eigenvalue weighted by Gasteiger charge is 2.43. The molecule has 1 aromatic rings. The van der Waals surface area contributed by atoms with Gasteiger partial charge in [-0.2, -0.15) is 0 Å². The molecule has 0 unspecified atom stereocenters. The maximum absolute atomic E-state index is 13.1. The van der Waals surface area contributed by atoms with E-state index in [1.165, 1.54) is 5.56 Å². The molecule has 122 valence electrons. The molecule has 0 aromatic heterocycles. The van der Waals surface area contributed by atoms with Crippen LogP contribution in [0.2, 0.25) is 0 Å². The van der Waals surface area contributed by atoms with Gasteiger partial charge in [-0.1, -0.05) is 43.2 Å². The lowest BCUT2D eigenvalue weighted by Gasteiger charge is -2.31. The zero-order valence-electron chi connectivity index (χ0n) is 13.0. The van der Waals surface area contributed by atoms with Crippen LogP contribution in [0.1, 0.15) is 44.1 Å². The van der Waals surface area contributed by atoms with Crippen molar-refractivity contribution in [2.45, 2.75) is 50.0 Å². The molecule has 0 bridgehead atoms. The van der Waals surface area contributed by atoms with Gasteiger partial charge in [0.05, 0.1) is 18.6 Å². The van der Waals surface area contributed by atoms with Gasteiger partial charge < -0.3 is 5.11 Å². The van der Waals surface area contributed by atoms with E-state index >= 15 is 0 Å². The lowest BCUT2D eigenvalue weighted by atomic mass is 9.75. The van der Waals surface area contributed by atoms with Gasteiger partial charge in [-0.3, -0.25) is 9.69 Å². The second kappa shape index (κ2) is 7.58. The number of likely N-dealkylation sites (tertiary alicyclic amines) is 1. The maximum atomic E-state index is 13.1. The number of carbonyl (C=O) groups excluding carboxylic acids is 1. The summed E-state index contributed by atoms with van der Waals surface area (Å²) in [5.74, 6) is 0.353. The van der Waals surface area contributed by atoms with Crippen molar-refractivity contribution in [2.75, 3.05) is 19.7 Å². The third-order valence-electron chi connectivity index (χ3n) is 5.37. The molecule has 0 amide bonds. The molecular formula is C18H26ClNO2. The van der Waals surface area contributed by atoms with Crippen molar-refractivity contribution in [2.24, 2.45) is 0 Å². The van der Waals surface area contributed by atoms with Crippen LogP contribution in [-0.4, -0.2) is 41.5 Å². The zero-order chi connectivity index (χ0) is 14.7. The molecule has 1 aliphatic carbocycles. The number of Topliss-reactive ketones (excluding diaryl/α,β-unsaturated/α-hetero) is 1. The predicted molar refractivity (Wildman–Crippen MR) is 90.5 cm³/mol. The first-order chi connectivity index (χ1) is 10.3. The van der Waals surface area contributed by atoms with E-state index in [4.69, 9.17) is 0 Å². The van der Waals surface area contributed by atoms with Crippen LogP contribution < -0.4 is 0 Å². The number of ketones is 1. The average Bonchev–Trinajstić information content (AvgIpc) is 3.17. The van der Waals surface area contributed by atoms with Gasteiger partial charge in [0.2, 0.25) is 0 Å². The molecule has 3 nitrogen and oxygen atoms in total. The monoisotopic (exact) mass is 323 g/mol.